The van der Waals surface area contributed by atoms with Gasteiger partial charge in [0.05, 0.1) is 0 Å². The van der Waals surface area contributed by atoms with Crippen molar-refractivity contribution in [2.45, 2.75) is 52.2 Å². The molecule has 2 rings (SSSR count). The predicted molar refractivity (Wildman–Crippen MR) is 85.8 cm³/mol. The number of carbonyl (C=O) groups is 1. The first-order chi connectivity index (χ1) is 9.83. The number of nitrogens with zero attached hydrogens (tertiary/aromatic N) is 1. The lowest BCUT2D eigenvalue weighted by atomic mass is 10.0. The highest BCUT2D eigenvalue weighted by Gasteiger charge is 2.23. The zero-order chi connectivity index (χ0) is 15.5. The van der Waals surface area contributed by atoms with Gasteiger partial charge in [0, 0.05) is 24.8 Å². The van der Waals surface area contributed by atoms with Crippen molar-refractivity contribution in [2.75, 3.05) is 18.0 Å². The highest BCUT2D eigenvalue weighted by Crippen LogP contribution is 2.20. The SMILES string of the molecule is Cc1ccc(N2CCC(NC(=O)OC(C)(C)C)CC2)cc1. The highest BCUT2D eigenvalue weighted by molar-refractivity contribution is 5.68. The molecular formula is C17H26N2O2. The van der Waals surface area contributed by atoms with Crippen LogP contribution in [0, 0.1) is 6.92 Å². The number of alkyl carbamates (subject to hydrolysis) is 1. The molecule has 1 heterocycles. The number of hydrogen-bond acceptors (Lipinski definition) is 3. The van der Waals surface area contributed by atoms with Crippen LogP contribution >= 0.6 is 0 Å². The maximum atomic E-state index is 11.8. The quantitative estimate of drug-likeness (QED) is 0.906. The summed E-state index contributed by atoms with van der Waals surface area (Å²) >= 11 is 0. The second kappa shape index (κ2) is 6.37. The van der Waals surface area contributed by atoms with E-state index in [4.69, 9.17) is 4.74 Å². The summed E-state index contributed by atoms with van der Waals surface area (Å²) in [6, 6.07) is 8.82. The number of aryl methyl sites for hydroxylation is 1. The zero-order valence-electron chi connectivity index (χ0n) is 13.5. The van der Waals surface area contributed by atoms with Crippen LogP contribution in [0.2, 0.25) is 0 Å². The van der Waals surface area contributed by atoms with Gasteiger partial charge in [0.1, 0.15) is 5.60 Å². The fourth-order valence-corrected chi connectivity index (χ4v) is 2.51. The molecule has 1 aromatic rings. The van der Waals surface area contributed by atoms with Crippen molar-refractivity contribution in [2.24, 2.45) is 0 Å². The molecule has 21 heavy (non-hydrogen) atoms. The van der Waals surface area contributed by atoms with Gasteiger partial charge in [0.15, 0.2) is 0 Å². The van der Waals surface area contributed by atoms with Crippen LogP contribution in [0.25, 0.3) is 0 Å². The smallest absolute Gasteiger partial charge is 0.407 e. The lowest BCUT2D eigenvalue weighted by Crippen LogP contribution is -2.46. The molecule has 4 nitrogen and oxygen atoms in total. The van der Waals surface area contributed by atoms with E-state index in [0.717, 1.165) is 25.9 Å². The van der Waals surface area contributed by atoms with E-state index in [-0.39, 0.29) is 12.1 Å². The molecule has 0 atom stereocenters. The van der Waals surface area contributed by atoms with Gasteiger partial charge in [-0.05, 0) is 52.7 Å². The van der Waals surface area contributed by atoms with Gasteiger partial charge >= 0.3 is 6.09 Å². The summed E-state index contributed by atoms with van der Waals surface area (Å²) in [6.07, 6.45) is 1.59. The molecule has 1 amide bonds. The second-order valence-corrected chi connectivity index (χ2v) is 6.74. The third-order valence-electron chi connectivity index (χ3n) is 3.61. The van der Waals surface area contributed by atoms with Crippen molar-refractivity contribution in [1.29, 1.82) is 0 Å². The van der Waals surface area contributed by atoms with Crippen LogP contribution in [-0.4, -0.2) is 30.8 Å². The second-order valence-electron chi connectivity index (χ2n) is 6.74. The predicted octanol–water partition coefficient (Wildman–Crippen LogP) is 3.49. The molecule has 0 radical (unpaired) electrons. The van der Waals surface area contributed by atoms with E-state index in [1.54, 1.807) is 0 Å². The Bertz CT molecular complexity index is 469. The van der Waals surface area contributed by atoms with E-state index in [0.29, 0.717) is 0 Å². The van der Waals surface area contributed by atoms with Crippen molar-refractivity contribution in [3.8, 4) is 0 Å². The summed E-state index contributed by atoms with van der Waals surface area (Å²) in [5.74, 6) is 0. The number of ether oxygens (including phenoxy) is 1. The Morgan fingerprint density at radius 2 is 1.76 bits per heavy atom. The lowest BCUT2D eigenvalue weighted by Gasteiger charge is -2.34. The van der Waals surface area contributed by atoms with E-state index in [1.807, 2.05) is 20.8 Å². The Balaban J connectivity index is 1.80. The summed E-state index contributed by atoms with van der Waals surface area (Å²) in [6.45, 7) is 9.67. The third-order valence-corrected chi connectivity index (χ3v) is 3.61. The van der Waals surface area contributed by atoms with Gasteiger partial charge in [-0.15, -0.1) is 0 Å². The molecule has 1 N–H and O–H groups in total. The Hall–Kier alpha value is -1.71. The van der Waals surface area contributed by atoms with E-state index < -0.39 is 5.60 Å². The number of piperidine rings is 1. The molecular weight excluding hydrogens is 264 g/mol. The first-order valence-corrected chi connectivity index (χ1v) is 7.64. The van der Waals surface area contributed by atoms with Gasteiger partial charge in [-0.3, -0.25) is 0 Å². The number of amides is 1. The average molecular weight is 290 g/mol. The average Bonchev–Trinajstić information content (AvgIpc) is 2.38. The molecule has 0 aromatic heterocycles. The number of hydrogen-bond donors (Lipinski definition) is 1. The number of anilines is 1. The molecule has 1 aliphatic rings. The molecule has 0 saturated carbocycles. The first-order valence-electron chi connectivity index (χ1n) is 7.64. The minimum atomic E-state index is -0.438. The maximum absolute atomic E-state index is 11.8. The Morgan fingerprint density at radius 1 is 1.19 bits per heavy atom. The molecule has 1 saturated heterocycles. The van der Waals surface area contributed by atoms with Crippen LogP contribution < -0.4 is 10.2 Å². The van der Waals surface area contributed by atoms with Crippen LogP contribution in [0.15, 0.2) is 24.3 Å². The molecule has 0 aliphatic carbocycles. The van der Waals surface area contributed by atoms with Crippen LogP contribution in [-0.2, 0) is 4.74 Å². The minimum Gasteiger partial charge on any atom is -0.444 e. The van der Waals surface area contributed by atoms with Crippen molar-refractivity contribution in [3.05, 3.63) is 29.8 Å². The van der Waals surface area contributed by atoms with E-state index in [2.05, 4.69) is 41.4 Å². The maximum Gasteiger partial charge on any atom is 0.407 e. The molecule has 0 spiro atoms. The zero-order valence-corrected chi connectivity index (χ0v) is 13.5. The number of carbonyl (C=O) groups excluding carboxylic acids is 1. The number of benzene rings is 1. The third kappa shape index (κ3) is 4.96. The molecule has 1 aromatic carbocycles. The highest BCUT2D eigenvalue weighted by atomic mass is 16.6. The largest absolute Gasteiger partial charge is 0.444 e. The Labute approximate surface area is 127 Å². The van der Waals surface area contributed by atoms with Crippen LogP contribution in [0.4, 0.5) is 10.5 Å². The Morgan fingerprint density at radius 3 is 2.29 bits per heavy atom. The normalized spacial score (nSPS) is 16.7. The first kappa shape index (κ1) is 15.7. The van der Waals surface area contributed by atoms with Crippen molar-refractivity contribution in [3.63, 3.8) is 0 Å². The fraction of sp³-hybridized carbons (Fsp3) is 0.588. The monoisotopic (exact) mass is 290 g/mol. The van der Waals surface area contributed by atoms with Gasteiger partial charge in [-0.2, -0.15) is 0 Å². The molecule has 0 unspecified atom stereocenters. The van der Waals surface area contributed by atoms with Crippen LogP contribution in [0.3, 0.4) is 0 Å². The summed E-state index contributed by atoms with van der Waals surface area (Å²) in [4.78, 5) is 14.1. The molecule has 4 heteroatoms. The number of rotatable bonds is 2. The summed E-state index contributed by atoms with van der Waals surface area (Å²) in [7, 11) is 0. The van der Waals surface area contributed by atoms with Gasteiger partial charge in [0.2, 0.25) is 0 Å². The molecule has 1 fully saturated rings. The van der Waals surface area contributed by atoms with E-state index in [1.165, 1.54) is 11.3 Å². The van der Waals surface area contributed by atoms with Gasteiger partial charge in [0.25, 0.3) is 0 Å². The summed E-state index contributed by atoms with van der Waals surface area (Å²) in [5.41, 5.74) is 2.10. The molecule has 1 aliphatic heterocycles. The van der Waals surface area contributed by atoms with Crippen molar-refractivity contribution in [1.82, 2.24) is 5.32 Å². The van der Waals surface area contributed by atoms with Crippen LogP contribution in [0.1, 0.15) is 39.2 Å². The fourth-order valence-electron chi connectivity index (χ4n) is 2.51. The minimum absolute atomic E-state index is 0.210. The summed E-state index contributed by atoms with van der Waals surface area (Å²) in [5, 5.41) is 2.97. The van der Waals surface area contributed by atoms with Crippen LogP contribution in [0.5, 0.6) is 0 Å². The Kier molecular flexibility index (Phi) is 4.76. The summed E-state index contributed by atoms with van der Waals surface area (Å²) < 4.78 is 5.30. The van der Waals surface area contributed by atoms with E-state index >= 15 is 0 Å². The topological polar surface area (TPSA) is 41.6 Å². The van der Waals surface area contributed by atoms with Crippen molar-refractivity contribution < 1.29 is 9.53 Å². The van der Waals surface area contributed by atoms with Gasteiger partial charge in [-0.1, -0.05) is 17.7 Å². The molecule has 0 bridgehead atoms. The van der Waals surface area contributed by atoms with Gasteiger partial charge in [-0.25, -0.2) is 4.79 Å². The lowest BCUT2D eigenvalue weighted by molar-refractivity contribution is 0.0497. The standard InChI is InChI=1S/C17H26N2O2/c1-13-5-7-15(8-6-13)19-11-9-14(10-12-19)18-16(20)21-17(2,3)4/h5-8,14H,9-12H2,1-4H3,(H,18,20). The number of nitrogens with one attached hydrogen (secondary N) is 1. The van der Waals surface area contributed by atoms with Crippen molar-refractivity contribution >= 4 is 11.8 Å². The van der Waals surface area contributed by atoms with Gasteiger partial charge < -0.3 is 15.0 Å². The molecule has 116 valence electrons. The van der Waals surface area contributed by atoms with E-state index in [9.17, 15) is 4.79 Å².